The average molecular weight is 389 g/mol. The lowest BCUT2D eigenvalue weighted by molar-refractivity contribution is -0.00554. The van der Waals surface area contributed by atoms with Crippen molar-refractivity contribution in [1.29, 1.82) is 0 Å². The zero-order valence-electron chi connectivity index (χ0n) is 17.4. The first-order valence-corrected chi connectivity index (χ1v) is 11.5. The van der Waals surface area contributed by atoms with Gasteiger partial charge in [0.2, 0.25) is 0 Å². The number of benzene rings is 1. The van der Waals surface area contributed by atoms with Gasteiger partial charge in [-0.25, -0.2) is 0 Å². The van der Waals surface area contributed by atoms with E-state index in [1.165, 1.54) is 48.3 Å². The average Bonchev–Trinajstić information content (AvgIpc) is 2.86. The minimum Gasteiger partial charge on any atom is -0.474 e. The van der Waals surface area contributed by atoms with E-state index in [0.29, 0.717) is 0 Å². The number of fused-ring (bicyclic) bond motifs is 1. The molecule has 4 heteroatoms. The van der Waals surface area contributed by atoms with Crippen LogP contribution in [0.1, 0.15) is 51.2 Å². The summed E-state index contributed by atoms with van der Waals surface area (Å²) < 4.78 is 5.93. The van der Waals surface area contributed by atoms with E-state index in [0.717, 1.165) is 38.0 Å². The summed E-state index contributed by atoms with van der Waals surface area (Å²) in [5.41, 5.74) is 2.93. The molecule has 0 spiro atoms. The number of hydrogen-bond donors (Lipinski definition) is 1. The van der Waals surface area contributed by atoms with E-state index in [4.69, 9.17) is 4.74 Å². The highest BCUT2D eigenvalue weighted by Crippen LogP contribution is 2.29. The molecule has 1 N–H and O–H groups in total. The Kier molecular flexibility index (Phi) is 7.16. The largest absolute Gasteiger partial charge is 0.474 e. The number of hydrogen-bond acceptors (Lipinski definition) is 4. The van der Waals surface area contributed by atoms with Crippen molar-refractivity contribution in [3.8, 4) is 0 Å². The number of nitrogens with zero attached hydrogens (tertiary/aromatic N) is 1. The minimum absolute atomic E-state index is 0.158. The zero-order chi connectivity index (χ0) is 19.3. The zero-order valence-corrected chi connectivity index (χ0v) is 18.2. The molecule has 0 amide bonds. The lowest BCUT2D eigenvalue weighted by atomic mass is 9.94. The lowest BCUT2D eigenvalue weighted by Crippen LogP contribution is -2.36. The second-order valence-electron chi connectivity index (χ2n) is 8.86. The third kappa shape index (κ3) is 6.46. The van der Waals surface area contributed by atoms with Gasteiger partial charge >= 0.3 is 0 Å². The van der Waals surface area contributed by atoms with Crippen molar-refractivity contribution in [2.45, 2.75) is 63.4 Å². The van der Waals surface area contributed by atoms with Crippen LogP contribution in [0.5, 0.6) is 0 Å². The predicted molar refractivity (Wildman–Crippen MR) is 116 cm³/mol. The van der Waals surface area contributed by atoms with E-state index in [1.807, 2.05) is 11.8 Å². The number of likely N-dealkylation sites (tertiary alicyclic amines) is 1. The molecular formula is C23H36N2OS. The lowest BCUT2D eigenvalue weighted by Gasteiger charge is -2.36. The maximum atomic E-state index is 5.93. The molecule has 0 unspecified atom stereocenters. The van der Waals surface area contributed by atoms with E-state index in [2.05, 4.69) is 55.8 Å². The van der Waals surface area contributed by atoms with E-state index in [-0.39, 0.29) is 5.60 Å². The van der Waals surface area contributed by atoms with Gasteiger partial charge in [-0.3, -0.25) is 0 Å². The van der Waals surface area contributed by atoms with Crippen LogP contribution < -0.4 is 5.32 Å². The van der Waals surface area contributed by atoms with Gasteiger partial charge in [0.05, 0.1) is 0 Å². The third-order valence-electron chi connectivity index (χ3n) is 5.51. The van der Waals surface area contributed by atoms with Crippen LogP contribution in [0, 0.1) is 5.92 Å². The summed E-state index contributed by atoms with van der Waals surface area (Å²) >= 11 is 2.03. The van der Waals surface area contributed by atoms with Gasteiger partial charge in [-0.05, 0) is 107 Å². The van der Waals surface area contributed by atoms with Crippen LogP contribution in [0.4, 0.5) is 0 Å². The van der Waals surface area contributed by atoms with Crippen molar-refractivity contribution in [3.05, 3.63) is 41.8 Å². The van der Waals surface area contributed by atoms with Gasteiger partial charge in [-0.15, -0.1) is 11.8 Å². The molecule has 1 aromatic rings. The summed E-state index contributed by atoms with van der Waals surface area (Å²) in [4.78, 5) is 3.76. The van der Waals surface area contributed by atoms with Crippen LogP contribution in [0.15, 0.2) is 35.6 Å². The Morgan fingerprint density at radius 3 is 2.59 bits per heavy atom. The van der Waals surface area contributed by atoms with Gasteiger partial charge in [-0.1, -0.05) is 6.07 Å². The van der Waals surface area contributed by atoms with Crippen LogP contribution in [0.25, 0.3) is 0 Å². The molecule has 0 radical (unpaired) electrons. The SMILES string of the molecule is C=C(OC(C)(C)C)N1CCC(CCSc2ccc3c(c2)CCNCC3)CC1. The Bertz CT molecular complexity index is 630. The first-order chi connectivity index (χ1) is 12.9. The Labute approximate surface area is 169 Å². The second-order valence-corrected chi connectivity index (χ2v) is 10.0. The van der Waals surface area contributed by atoms with Crippen molar-refractivity contribution in [2.75, 3.05) is 31.9 Å². The van der Waals surface area contributed by atoms with Crippen molar-refractivity contribution in [2.24, 2.45) is 5.92 Å². The maximum absolute atomic E-state index is 5.93. The third-order valence-corrected chi connectivity index (χ3v) is 6.53. The molecule has 0 atom stereocenters. The van der Waals surface area contributed by atoms with Crippen molar-refractivity contribution in [1.82, 2.24) is 10.2 Å². The van der Waals surface area contributed by atoms with Gasteiger partial charge in [0, 0.05) is 18.0 Å². The molecule has 0 saturated carbocycles. The topological polar surface area (TPSA) is 24.5 Å². The number of ether oxygens (including phenoxy) is 1. The minimum atomic E-state index is -0.158. The quantitative estimate of drug-likeness (QED) is 0.556. The Morgan fingerprint density at radius 2 is 1.89 bits per heavy atom. The molecule has 1 saturated heterocycles. The summed E-state index contributed by atoms with van der Waals surface area (Å²) in [6.07, 6.45) is 6.15. The van der Waals surface area contributed by atoms with Gasteiger partial charge in [-0.2, -0.15) is 0 Å². The van der Waals surface area contributed by atoms with Crippen LogP contribution in [-0.4, -0.2) is 42.4 Å². The van der Waals surface area contributed by atoms with E-state index in [9.17, 15) is 0 Å². The summed E-state index contributed by atoms with van der Waals surface area (Å²) in [5, 5.41) is 3.50. The molecule has 2 aliphatic heterocycles. The normalized spacial score (nSPS) is 18.7. The molecule has 3 rings (SSSR count). The first-order valence-electron chi connectivity index (χ1n) is 10.5. The fourth-order valence-electron chi connectivity index (χ4n) is 3.97. The molecule has 3 nitrogen and oxygen atoms in total. The van der Waals surface area contributed by atoms with Gasteiger partial charge in [0.1, 0.15) is 5.60 Å². The van der Waals surface area contributed by atoms with E-state index < -0.39 is 0 Å². The van der Waals surface area contributed by atoms with Crippen LogP contribution in [0.2, 0.25) is 0 Å². The first kappa shape index (κ1) is 20.6. The predicted octanol–water partition coefficient (Wildman–Crippen LogP) is 4.86. The molecule has 0 bridgehead atoms. The van der Waals surface area contributed by atoms with Gasteiger partial charge in [0.15, 0.2) is 5.88 Å². The van der Waals surface area contributed by atoms with Crippen molar-refractivity contribution < 1.29 is 4.74 Å². The second kappa shape index (κ2) is 9.38. The van der Waals surface area contributed by atoms with Crippen LogP contribution >= 0.6 is 11.8 Å². The highest BCUT2D eigenvalue weighted by Gasteiger charge is 2.23. The van der Waals surface area contributed by atoms with Crippen LogP contribution in [-0.2, 0) is 17.6 Å². The number of nitrogens with one attached hydrogen (secondary N) is 1. The molecule has 1 fully saturated rings. The number of piperidine rings is 1. The number of thioether (sulfide) groups is 1. The summed E-state index contributed by atoms with van der Waals surface area (Å²) in [6, 6.07) is 7.11. The van der Waals surface area contributed by atoms with Crippen molar-refractivity contribution >= 4 is 11.8 Å². The molecule has 2 heterocycles. The number of rotatable bonds is 6. The Balaban J connectivity index is 1.39. The standard InChI is InChI=1S/C23H36N2OS/c1-18(26-23(2,3)4)25-14-9-19(10-15-25)11-16-27-22-6-5-20-7-12-24-13-8-21(20)17-22/h5-6,17,19,24H,1,7-16H2,2-4H3. The maximum Gasteiger partial charge on any atom is 0.182 e. The summed E-state index contributed by atoms with van der Waals surface area (Å²) in [7, 11) is 0. The van der Waals surface area contributed by atoms with E-state index >= 15 is 0 Å². The molecule has 1 aromatic carbocycles. The Hall–Kier alpha value is -1.13. The molecule has 0 aliphatic carbocycles. The van der Waals surface area contributed by atoms with Gasteiger partial charge in [0.25, 0.3) is 0 Å². The van der Waals surface area contributed by atoms with Crippen molar-refractivity contribution in [3.63, 3.8) is 0 Å². The van der Waals surface area contributed by atoms with Gasteiger partial charge < -0.3 is 15.0 Å². The molecule has 27 heavy (non-hydrogen) atoms. The van der Waals surface area contributed by atoms with Crippen LogP contribution in [0.3, 0.4) is 0 Å². The highest BCUT2D eigenvalue weighted by atomic mass is 32.2. The fourth-order valence-corrected chi connectivity index (χ4v) is 5.05. The molecule has 0 aromatic heterocycles. The molecule has 2 aliphatic rings. The summed E-state index contributed by atoms with van der Waals surface area (Å²) in [5.74, 6) is 2.90. The fraction of sp³-hybridized carbons (Fsp3) is 0.652. The highest BCUT2D eigenvalue weighted by molar-refractivity contribution is 7.99. The van der Waals surface area contributed by atoms with E-state index in [1.54, 1.807) is 5.56 Å². The summed E-state index contributed by atoms with van der Waals surface area (Å²) in [6.45, 7) is 14.8. The molecule has 150 valence electrons. The monoisotopic (exact) mass is 388 g/mol. The Morgan fingerprint density at radius 1 is 1.19 bits per heavy atom. The molecular weight excluding hydrogens is 352 g/mol. The smallest absolute Gasteiger partial charge is 0.182 e.